The summed E-state index contributed by atoms with van der Waals surface area (Å²) in [5.41, 5.74) is 0.569. The highest BCUT2D eigenvalue weighted by atomic mass is 79.9. The molecule has 0 aromatic heterocycles. The highest BCUT2D eigenvalue weighted by Crippen LogP contribution is 2.66. The molecule has 1 aromatic carbocycles. The molecule has 186 valence electrons. The van der Waals surface area contributed by atoms with E-state index in [0.29, 0.717) is 5.57 Å². The van der Waals surface area contributed by atoms with Crippen LogP contribution >= 0.6 is 39.1 Å². The number of carbonyl (C=O) groups is 4. The highest BCUT2D eigenvalue weighted by Gasteiger charge is 2.76. The van der Waals surface area contributed by atoms with Crippen molar-refractivity contribution in [3.63, 3.8) is 0 Å². The van der Waals surface area contributed by atoms with Crippen LogP contribution in [0.4, 0.5) is 0 Å². The molecular weight excluding hydrogens is 567 g/mol. The van der Waals surface area contributed by atoms with E-state index >= 15 is 0 Å². The normalized spacial score (nSPS) is 36.2. The second kappa shape index (κ2) is 8.19. The quantitative estimate of drug-likeness (QED) is 0.182. The van der Waals surface area contributed by atoms with Gasteiger partial charge in [0.15, 0.2) is 21.2 Å². The average Bonchev–Trinajstić information content (AvgIpc) is 3.14. The molecule has 2 heterocycles. The first-order valence-electron chi connectivity index (χ1n) is 11.1. The molecule has 0 bridgehead atoms. The number of amides is 4. The van der Waals surface area contributed by atoms with Gasteiger partial charge in [-0.05, 0) is 31.7 Å². The summed E-state index contributed by atoms with van der Waals surface area (Å²) in [6, 6.07) is 4.74. The van der Waals surface area contributed by atoms with Crippen molar-refractivity contribution in [1.29, 1.82) is 0 Å². The molecule has 12 heteroatoms. The summed E-state index contributed by atoms with van der Waals surface area (Å²) >= 11 is 17.3. The maximum absolute atomic E-state index is 13.6. The Morgan fingerprint density at radius 3 is 2.51 bits per heavy atom. The van der Waals surface area contributed by atoms with E-state index < -0.39 is 57.0 Å². The number of rotatable bonds is 4. The van der Waals surface area contributed by atoms with Gasteiger partial charge in [0, 0.05) is 11.5 Å². The Kier molecular flexibility index (Phi) is 5.75. The molecule has 35 heavy (non-hydrogen) atoms. The Labute approximate surface area is 218 Å². The van der Waals surface area contributed by atoms with Crippen molar-refractivity contribution in [3.8, 4) is 11.5 Å². The zero-order chi connectivity index (χ0) is 25.4. The number of likely N-dealkylation sites (tertiary alicyclic amines) is 1. The highest BCUT2D eigenvalue weighted by molar-refractivity contribution is 9.09. The lowest BCUT2D eigenvalue weighted by atomic mass is 9.56. The third-order valence-electron chi connectivity index (χ3n) is 7.63. The van der Waals surface area contributed by atoms with Crippen LogP contribution in [0.15, 0.2) is 29.8 Å². The maximum Gasteiger partial charge on any atom is 0.257 e. The molecule has 2 N–H and O–H groups in total. The third-order valence-corrected chi connectivity index (χ3v) is 9.55. The Morgan fingerprint density at radius 2 is 1.86 bits per heavy atom. The third kappa shape index (κ3) is 2.97. The number of imide groups is 2. The zero-order valence-electron chi connectivity index (χ0n) is 18.4. The van der Waals surface area contributed by atoms with Gasteiger partial charge in [0.2, 0.25) is 0 Å². The van der Waals surface area contributed by atoms with Crippen molar-refractivity contribution in [1.82, 2.24) is 9.96 Å². The second-order valence-electron chi connectivity index (χ2n) is 9.10. The van der Waals surface area contributed by atoms with E-state index in [4.69, 9.17) is 27.9 Å². The standard InChI is InChI=1S/C23H21BrCl2N2O7/c1-2-35-14-5-3-4-12(17(14)29)16-10-6-7-11-15(19(31)28(34)18(11)30)13(10)8-22(25)20(32)27(9-24)21(33)23(16,22)26/h3-6,11,13,15-16,29,34H,2,7-9H2,1H3. The van der Waals surface area contributed by atoms with Gasteiger partial charge in [0.05, 0.1) is 23.9 Å². The van der Waals surface area contributed by atoms with Crippen LogP contribution in [-0.4, -0.2) is 65.7 Å². The van der Waals surface area contributed by atoms with Crippen molar-refractivity contribution in [3.05, 3.63) is 35.4 Å². The molecule has 2 aliphatic carbocycles. The lowest BCUT2D eigenvalue weighted by Crippen LogP contribution is -2.60. The van der Waals surface area contributed by atoms with Gasteiger partial charge in [-0.2, -0.15) is 5.06 Å². The van der Waals surface area contributed by atoms with Crippen molar-refractivity contribution < 1.29 is 34.2 Å². The fourth-order valence-corrected chi connectivity index (χ4v) is 7.54. The van der Waals surface area contributed by atoms with E-state index in [0.717, 1.165) is 4.90 Å². The molecule has 0 spiro atoms. The molecule has 6 unspecified atom stereocenters. The Bertz CT molecular complexity index is 1210. The fraction of sp³-hybridized carbons (Fsp3) is 0.478. The van der Waals surface area contributed by atoms with Gasteiger partial charge in [0.25, 0.3) is 23.6 Å². The number of benzene rings is 1. The minimum atomic E-state index is -2.03. The molecule has 2 aliphatic heterocycles. The number of hydroxylamine groups is 2. The van der Waals surface area contributed by atoms with Crippen molar-refractivity contribution >= 4 is 62.8 Å². The van der Waals surface area contributed by atoms with Gasteiger partial charge in [0.1, 0.15) is 0 Å². The van der Waals surface area contributed by atoms with Crippen LogP contribution in [0.2, 0.25) is 0 Å². The molecule has 4 amide bonds. The fourth-order valence-electron chi connectivity index (χ4n) is 6.13. The first-order valence-corrected chi connectivity index (χ1v) is 12.9. The molecule has 3 fully saturated rings. The van der Waals surface area contributed by atoms with E-state index in [1.54, 1.807) is 31.2 Å². The summed E-state index contributed by atoms with van der Waals surface area (Å²) in [7, 11) is 0. The number of hydrogen-bond donors (Lipinski definition) is 2. The van der Waals surface area contributed by atoms with Gasteiger partial charge in [-0.3, -0.25) is 29.3 Å². The molecule has 5 rings (SSSR count). The number of carbonyl (C=O) groups excluding carboxylic acids is 4. The van der Waals surface area contributed by atoms with Crippen LogP contribution < -0.4 is 4.74 Å². The van der Waals surface area contributed by atoms with E-state index in [-0.39, 0.29) is 47.0 Å². The van der Waals surface area contributed by atoms with Gasteiger partial charge < -0.3 is 9.84 Å². The molecule has 1 aromatic rings. The summed E-state index contributed by atoms with van der Waals surface area (Å²) < 4.78 is 5.52. The number of phenols is 1. The predicted molar refractivity (Wildman–Crippen MR) is 126 cm³/mol. The first kappa shape index (κ1) is 24.5. The monoisotopic (exact) mass is 586 g/mol. The van der Waals surface area contributed by atoms with Crippen LogP contribution in [-0.2, 0) is 19.2 Å². The number of fused-ring (bicyclic) bond motifs is 4. The van der Waals surface area contributed by atoms with Gasteiger partial charge in [-0.25, -0.2) is 0 Å². The van der Waals surface area contributed by atoms with E-state index in [2.05, 4.69) is 15.9 Å². The van der Waals surface area contributed by atoms with Crippen LogP contribution in [0.3, 0.4) is 0 Å². The van der Waals surface area contributed by atoms with Crippen LogP contribution in [0.1, 0.15) is 31.2 Å². The minimum absolute atomic E-state index is 0.115. The number of para-hydroxylation sites is 1. The van der Waals surface area contributed by atoms with Crippen LogP contribution in [0.25, 0.3) is 0 Å². The molecule has 4 aliphatic rings. The summed E-state index contributed by atoms with van der Waals surface area (Å²) in [4.78, 5) is 49.4. The minimum Gasteiger partial charge on any atom is -0.504 e. The summed E-state index contributed by atoms with van der Waals surface area (Å²) in [6.45, 7) is 2.01. The number of nitrogens with zero attached hydrogens (tertiary/aromatic N) is 2. The smallest absolute Gasteiger partial charge is 0.257 e. The predicted octanol–water partition coefficient (Wildman–Crippen LogP) is 2.89. The van der Waals surface area contributed by atoms with Crippen molar-refractivity contribution in [2.45, 2.75) is 35.4 Å². The first-order chi connectivity index (χ1) is 16.5. The average molecular weight is 588 g/mol. The van der Waals surface area contributed by atoms with Gasteiger partial charge in [-0.15, -0.1) is 23.2 Å². The van der Waals surface area contributed by atoms with Crippen LogP contribution in [0, 0.1) is 17.8 Å². The summed E-state index contributed by atoms with van der Waals surface area (Å²) in [5.74, 6) is -6.80. The zero-order valence-corrected chi connectivity index (χ0v) is 21.5. The van der Waals surface area contributed by atoms with Gasteiger partial charge in [-0.1, -0.05) is 39.7 Å². The summed E-state index contributed by atoms with van der Waals surface area (Å²) in [5, 5.41) is 21.3. The molecule has 2 saturated heterocycles. The van der Waals surface area contributed by atoms with E-state index in [1.807, 2.05) is 0 Å². The lowest BCUT2D eigenvalue weighted by molar-refractivity contribution is -0.173. The molecular formula is C23H21BrCl2N2O7. The largest absolute Gasteiger partial charge is 0.504 e. The SMILES string of the molecule is CCOc1cccc(C2C3=CCC4C(=O)N(O)C(=O)C4C3CC3(Cl)C(=O)N(CBr)C(=O)C23Cl)c1O. The number of hydrogen-bond acceptors (Lipinski definition) is 7. The lowest BCUT2D eigenvalue weighted by Gasteiger charge is -2.50. The molecule has 1 saturated carbocycles. The molecule has 6 atom stereocenters. The maximum atomic E-state index is 13.6. The number of halogens is 3. The Balaban J connectivity index is 1.77. The van der Waals surface area contributed by atoms with E-state index in [9.17, 15) is 29.5 Å². The van der Waals surface area contributed by atoms with Gasteiger partial charge >= 0.3 is 0 Å². The number of alkyl halides is 3. The number of phenolic OH excluding ortho intramolecular Hbond substituents is 1. The second-order valence-corrected chi connectivity index (χ2v) is 10.8. The molecule has 0 radical (unpaired) electrons. The number of aromatic hydroxyl groups is 1. The van der Waals surface area contributed by atoms with Crippen molar-refractivity contribution in [2.75, 3.05) is 12.1 Å². The Morgan fingerprint density at radius 1 is 1.14 bits per heavy atom. The number of allylic oxidation sites excluding steroid dienone is 2. The summed E-state index contributed by atoms with van der Waals surface area (Å²) in [6.07, 6.45) is 1.63. The van der Waals surface area contributed by atoms with Crippen molar-refractivity contribution in [2.24, 2.45) is 17.8 Å². The topological polar surface area (TPSA) is 124 Å². The molecule has 9 nitrogen and oxygen atoms in total. The Hall–Kier alpha value is -2.14. The van der Waals surface area contributed by atoms with E-state index in [1.165, 1.54) is 0 Å². The van der Waals surface area contributed by atoms with Crippen LogP contribution in [0.5, 0.6) is 11.5 Å². The number of ether oxygens (including phenoxy) is 1.